The van der Waals surface area contributed by atoms with Crippen molar-refractivity contribution >= 4 is 46.7 Å². The molecule has 1 amide bonds. The van der Waals surface area contributed by atoms with Gasteiger partial charge in [0, 0.05) is 39.9 Å². The average Bonchev–Trinajstić information content (AvgIpc) is 2.78. The van der Waals surface area contributed by atoms with E-state index in [9.17, 15) is 22.5 Å². The summed E-state index contributed by atoms with van der Waals surface area (Å²) >= 11 is 6.09. The van der Waals surface area contributed by atoms with Crippen LogP contribution in [0.1, 0.15) is 41.7 Å². The lowest BCUT2D eigenvalue weighted by atomic mass is 9.90. The number of fused-ring (bicyclic) bond motifs is 1. The zero-order valence-electron chi connectivity index (χ0n) is 19.2. The Balaban J connectivity index is 1.52. The van der Waals surface area contributed by atoms with E-state index in [0.717, 1.165) is 25.3 Å². The number of halogens is 4. The molecule has 6 nitrogen and oxygen atoms in total. The summed E-state index contributed by atoms with van der Waals surface area (Å²) in [4.78, 5) is 20.7. The lowest BCUT2D eigenvalue weighted by Gasteiger charge is -2.31. The Hall–Kier alpha value is -2.64. The Morgan fingerprint density at radius 1 is 1.11 bits per heavy atom. The van der Waals surface area contributed by atoms with Crippen LogP contribution in [0.5, 0.6) is 0 Å². The fourth-order valence-corrected chi connectivity index (χ4v) is 5.22. The van der Waals surface area contributed by atoms with E-state index in [1.54, 1.807) is 31.5 Å². The number of nitrogens with one attached hydrogen (secondary N) is 2. The second-order valence-electron chi connectivity index (χ2n) is 9.15. The Morgan fingerprint density at radius 3 is 2.57 bits per heavy atom. The number of nitrogens with zero attached hydrogens (tertiary/aromatic N) is 2. The lowest BCUT2D eigenvalue weighted by molar-refractivity contribution is -0.140. The summed E-state index contributed by atoms with van der Waals surface area (Å²) in [6.45, 7) is 3.18. The smallest absolute Gasteiger partial charge is 0.382 e. The van der Waals surface area contributed by atoms with Crippen molar-refractivity contribution in [3.05, 3.63) is 58.9 Å². The third kappa shape index (κ3) is 6.14. The molecule has 186 valence electrons. The normalized spacial score (nSPS) is 18.9. The van der Waals surface area contributed by atoms with E-state index in [4.69, 9.17) is 11.6 Å². The molecule has 1 aromatic carbocycles. The van der Waals surface area contributed by atoms with Crippen molar-refractivity contribution in [1.29, 1.82) is 0 Å². The number of anilines is 1. The number of hydrogen-bond donors (Lipinski definition) is 2. The number of benzene rings is 1. The fourth-order valence-electron chi connectivity index (χ4n) is 4.26. The number of carbonyl (C=O) groups is 1. The number of hydrogen-bond acceptors (Lipinski definition) is 5. The van der Waals surface area contributed by atoms with Gasteiger partial charge in [0.15, 0.2) is 0 Å². The highest BCUT2D eigenvalue weighted by molar-refractivity contribution is 7.69. The zero-order chi connectivity index (χ0) is 25.4. The number of pyridine rings is 2. The fraction of sp³-hybridized carbons (Fsp3) is 0.375. The van der Waals surface area contributed by atoms with Crippen molar-refractivity contribution in [2.24, 2.45) is 0 Å². The van der Waals surface area contributed by atoms with Crippen LogP contribution in [-0.2, 0) is 10.7 Å². The van der Waals surface area contributed by atoms with E-state index in [-0.39, 0.29) is 23.5 Å². The van der Waals surface area contributed by atoms with E-state index < -0.39 is 19.0 Å². The third-order valence-corrected chi connectivity index (χ3v) is 7.57. The SMILES string of the molecule is CP(C)(=O)c1cc(C(=O)N[C@@H]2CCC[C@H](Nc3cc(C(F)(F)F)nc4ccc(Cl)cc34)C2)ccn1. The summed E-state index contributed by atoms with van der Waals surface area (Å²) in [5.41, 5.74) is 0.288. The summed E-state index contributed by atoms with van der Waals surface area (Å²) in [5.74, 6) is -0.298. The van der Waals surface area contributed by atoms with Crippen LogP contribution in [0.15, 0.2) is 42.6 Å². The Morgan fingerprint density at radius 2 is 1.86 bits per heavy atom. The van der Waals surface area contributed by atoms with Crippen LogP contribution in [0.2, 0.25) is 5.02 Å². The molecule has 1 aliphatic rings. The molecule has 1 fully saturated rings. The summed E-state index contributed by atoms with van der Waals surface area (Å²) in [5, 5.41) is 7.14. The average molecular weight is 525 g/mol. The molecule has 0 aliphatic heterocycles. The minimum Gasteiger partial charge on any atom is -0.382 e. The lowest BCUT2D eigenvalue weighted by Crippen LogP contribution is -2.42. The van der Waals surface area contributed by atoms with Gasteiger partial charge in [-0.1, -0.05) is 11.6 Å². The Kier molecular flexibility index (Phi) is 7.11. The van der Waals surface area contributed by atoms with Crippen molar-refractivity contribution in [2.75, 3.05) is 18.6 Å². The van der Waals surface area contributed by atoms with Crippen molar-refractivity contribution < 1.29 is 22.5 Å². The van der Waals surface area contributed by atoms with Crippen LogP contribution in [0.4, 0.5) is 18.9 Å². The van der Waals surface area contributed by atoms with Gasteiger partial charge >= 0.3 is 6.18 Å². The van der Waals surface area contributed by atoms with Gasteiger partial charge in [-0.3, -0.25) is 9.78 Å². The monoisotopic (exact) mass is 524 g/mol. The molecule has 0 unspecified atom stereocenters. The maximum Gasteiger partial charge on any atom is 0.433 e. The molecule has 2 aromatic heterocycles. The van der Waals surface area contributed by atoms with Crippen molar-refractivity contribution in [3.63, 3.8) is 0 Å². The highest BCUT2D eigenvalue weighted by atomic mass is 35.5. The highest BCUT2D eigenvalue weighted by Gasteiger charge is 2.34. The first-order valence-corrected chi connectivity index (χ1v) is 14.1. The van der Waals surface area contributed by atoms with Gasteiger partial charge in [-0.15, -0.1) is 0 Å². The molecular weight excluding hydrogens is 500 g/mol. The zero-order valence-corrected chi connectivity index (χ0v) is 20.8. The molecular formula is C24H25ClF3N4O2P. The predicted octanol–water partition coefficient (Wildman–Crippen LogP) is 5.70. The second kappa shape index (κ2) is 9.78. The highest BCUT2D eigenvalue weighted by Crippen LogP contribution is 2.36. The standard InChI is InChI=1S/C24H25ClF3N4O2P/c1-35(2,34)22-10-14(8-9-29-22)23(33)31-17-5-3-4-16(12-17)30-20-13-21(24(26,27)28)32-19-7-6-15(25)11-18(19)20/h6-11,13,16-17H,3-5,12H2,1-2H3,(H,30,32)(H,31,33)/t16-,17+/m0/s1. The van der Waals surface area contributed by atoms with Gasteiger partial charge in [-0.05, 0) is 75.4 Å². The summed E-state index contributed by atoms with van der Waals surface area (Å²) in [6, 6.07) is 8.37. The van der Waals surface area contributed by atoms with E-state index in [0.29, 0.717) is 33.5 Å². The van der Waals surface area contributed by atoms with Crippen LogP contribution in [0.3, 0.4) is 0 Å². The summed E-state index contributed by atoms with van der Waals surface area (Å²) < 4.78 is 52.6. The number of alkyl halides is 3. The number of amides is 1. The molecule has 0 saturated heterocycles. The van der Waals surface area contributed by atoms with Gasteiger partial charge in [0.1, 0.15) is 18.3 Å². The largest absolute Gasteiger partial charge is 0.433 e. The van der Waals surface area contributed by atoms with E-state index in [2.05, 4.69) is 20.6 Å². The molecule has 1 aliphatic carbocycles. The van der Waals surface area contributed by atoms with E-state index in [1.165, 1.54) is 18.3 Å². The molecule has 11 heteroatoms. The minimum atomic E-state index is -4.59. The second-order valence-corrected chi connectivity index (χ2v) is 12.7. The van der Waals surface area contributed by atoms with E-state index in [1.807, 2.05) is 0 Å². The van der Waals surface area contributed by atoms with E-state index >= 15 is 0 Å². The van der Waals surface area contributed by atoms with Crippen molar-refractivity contribution in [2.45, 2.75) is 43.9 Å². The molecule has 0 bridgehead atoms. The van der Waals surface area contributed by atoms with Crippen LogP contribution in [-0.4, -0.2) is 41.3 Å². The maximum atomic E-state index is 13.4. The van der Waals surface area contributed by atoms with Gasteiger partial charge < -0.3 is 15.2 Å². The molecule has 1 saturated carbocycles. The van der Waals surface area contributed by atoms with Crippen molar-refractivity contribution in [1.82, 2.24) is 15.3 Å². The summed E-state index contributed by atoms with van der Waals surface area (Å²) in [7, 11) is -2.61. The van der Waals surface area contributed by atoms with Crippen LogP contribution >= 0.6 is 18.7 Å². The van der Waals surface area contributed by atoms with Crippen LogP contribution in [0, 0.1) is 0 Å². The third-order valence-electron chi connectivity index (χ3n) is 5.99. The molecule has 2 atom stereocenters. The number of aromatic nitrogens is 2. The predicted molar refractivity (Wildman–Crippen MR) is 132 cm³/mol. The molecule has 0 radical (unpaired) electrons. The van der Waals surface area contributed by atoms with Gasteiger partial charge in [-0.25, -0.2) is 4.98 Å². The topological polar surface area (TPSA) is 84.0 Å². The molecule has 4 rings (SSSR count). The van der Waals surface area contributed by atoms with Crippen LogP contribution in [0.25, 0.3) is 10.9 Å². The van der Waals surface area contributed by atoms with Gasteiger partial charge in [0.2, 0.25) is 0 Å². The molecule has 2 heterocycles. The van der Waals surface area contributed by atoms with Gasteiger partial charge in [-0.2, -0.15) is 13.2 Å². The number of rotatable bonds is 5. The van der Waals surface area contributed by atoms with Gasteiger partial charge in [0.25, 0.3) is 5.91 Å². The number of carbonyl (C=O) groups excluding carboxylic acids is 1. The van der Waals surface area contributed by atoms with Crippen LogP contribution < -0.4 is 16.1 Å². The summed E-state index contributed by atoms with van der Waals surface area (Å²) in [6.07, 6.45) is -0.301. The Bertz CT molecular complexity index is 1310. The quantitative estimate of drug-likeness (QED) is 0.418. The first kappa shape index (κ1) is 25.5. The molecule has 0 spiro atoms. The Labute approximate surface area is 206 Å². The van der Waals surface area contributed by atoms with Gasteiger partial charge in [0.05, 0.1) is 5.52 Å². The molecule has 35 heavy (non-hydrogen) atoms. The molecule has 2 N–H and O–H groups in total. The molecule has 3 aromatic rings. The first-order valence-electron chi connectivity index (χ1n) is 11.2. The first-order chi connectivity index (χ1) is 16.4. The van der Waals surface area contributed by atoms with Crippen molar-refractivity contribution in [3.8, 4) is 0 Å². The maximum absolute atomic E-state index is 13.4. The minimum absolute atomic E-state index is 0.154.